The van der Waals surface area contributed by atoms with Crippen molar-refractivity contribution < 1.29 is 23.9 Å². The summed E-state index contributed by atoms with van der Waals surface area (Å²) in [4.78, 5) is 35.4. The zero-order valence-corrected chi connectivity index (χ0v) is 16.9. The molecular weight excluding hydrogens is 428 g/mol. The van der Waals surface area contributed by atoms with E-state index >= 15 is 0 Å². The summed E-state index contributed by atoms with van der Waals surface area (Å²) < 4.78 is 10.9. The van der Waals surface area contributed by atoms with E-state index in [2.05, 4.69) is 26.8 Å². The fraction of sp³-hybridized carbons (Fsp3) is 0.150. The van der Waals surface area contributed by atoms with Crippen LogP contribution in [0.15, 0.2) is 53.0 Å². The van der Waals surface area contributed by atoms with Crippen molar-refractivity contribution in [2.45, 2.75) is 6.92 Å². The molecule has 0 saturated heterocycles. The lowest BCUT2D eigenvalue weighted by Gasteiger charge is -2.08. The van der Waals surface area contributed by atoms with Crippen LogP contribution in [0, 0.1) is 6.92 Å². The molecule has 2 N–H and O–H groups in total. The van der Waals surface area contributed by atoms with Gasteiger partial charge in [0, 0.05) is 21.7 Å². The van der Waals surface area contributed by atoms with E-state index in [9.17, 15) is 14.4 Å². The van der Waals surface area contributed by atoms with Gasteiger partial charge in [0.05, 0.1) is 7.11 Å². The topological polar surface area (TPSA) is 93.7 Å². The molecule has 0 saturated carbocycles. The second-order valence-corrected chi connectivity index (χ2v) is 6.61. The molecule has 2 amide bonds. The third kappa shape index (κ3) is 6.55. The van der Waals surface area contributed by atoms with E-state index in [1.54, 1.807) is 36.4 Å². The summed E-state index contributed by atoms with van der Waals surface area (Å²) in [6.45, 7) is 1.37. The SMILES string of the molecule is COc1ccc(Br)cc1/C=C/C(=O)OCC(=O)NNC(=O)c1ccc(C)cc1. The minimum atomic E-state index is -0.706. The van der Waals surface area contributed by atoms with E-state index in [0.29, 0.717) is 16.9 Å². The zero-order valence-electron chi connectivity index (χ0n) is 15.3. The normalized spacial score (nSPS) is 10.4. The highest BCUT2D eigenvalue weighted by atomic mass is 79.9. The number of carbonyl (C=O) groups is 3. The molecule has 0 aliphatic heterocycles. The molecule has 2 aromatic rings. The highest BCUT2D eigenvalue weighted by molar-refractivity contribution is 9.10. The summed E-state index contributed by atoms with van der Waals surface area (Å²) in [5.74, 6) is -1.26. The van der Waals surface area contributed by atoms with Gasteiger partial charge in [-0.3, -0.25) is 20.4 Å². The number of aryl methyl sites for hydroxylation is 1. The molecule has 0 aliphatic rings. The number of benzene rings is 2. The van der Waals surface area contributed by atoms with Crippen LogP contribution < -0.4 is 15.6 Å². The standard InChI is InChI=1S/C20H19BrN2O5/c1-13-3-5-14(6-4-13)20(26)23-22-18(24)12-28-19(25)10-7-15-11-16(21)8-9-17(15)27-2/h3-11H,12H2,1-2H3,(H,22,24)(H,23,26)/b10-7+. The van der Waals surface area contributed by atoms with Crippen molar-refractivity contribution in [1.29, 1.82) is 0 Å². The van der Waals surface area contributed by atoms with Crippen molar-refractivity contribution in [2.24, 2.45) is 0 Å². The maximum Gasteiger partial charge on any atom is 0.331 e. The maximum atomic E-state index is 11.9. The monoisotopic (exact) mass is 446 g/mol. The Balaban J connectivity index is 1.79. The number of rotatable bonds is 6. The van der Waals surface area contributed by atoms with Crippen LogP contribution in [0.3, 0.4) is 0 Å². The molecular formula is C20H19BrN2O5. The Kier molecular flexibility index (Phi) is 7.76. The van der Waals surface area contributed by atoms with Crippen molar-refractivity contribution >= 4 is 39.8 Å². The van der Waals surface area contributed by atoms with Crippen LogP contribution >= 0.6 is 15.9 Å². The molecule has 0 fully saturated rings. The number of methoxy groups -OCH3 is 1. The first kappa shape index (κ1) is 21.2. The van der Waals surface area contributed by atoms with Gasteiger partial charge in [0.1, 0.15) is 5.75 Å². The van der Waals surface area contributed by atoms with Gasteiger partial charge < -0.3 is 9.47 Å². The average Bonchev–Trinajstić information content (AvgIpc) is 2.69. The lowest BCUT2D eigenvalue weighted by molar-refractivity contribution is -0.144. The third-order valence-electron chi connectivity index (χ3n) is 3.57. The van der Waals surface area contributed by atoms with E-state index in [1.165, 1.54) is 19.3 Å². The third-order valence-corrected chi connectivity index (χ3v) is 4.06. The van der Waals surface area contributed by atoms with Crippen LogP contribution in [0.5, 0.6) is 5.75 Å². The molecule has 8 heteroatoms. The zero-order chi connectivity index (χ0) is 20.5. The number of hydrogen-bond donors (Lipinski definition) is 2. The number of halogens is 1. The van der Waals surface area contributed by atoms with Crippen molar-refractivity contribution in [1.82, 2.24) is 10.9 Å². The van der Waals surface area contributed by atoms with Crippen molar-refractivity contribution in [3.63, 3.8) is 0 Å². The molecule has 0 aliphatic carbocycles. The number of nitrogens with one attached hydrogen (secondary N) is 2. The number of amides is 2. The van der Waals surface area contributed by atoms with E-state index < -0.39 is 24.4 Å². The molecule has 146 valence electrons. The lowest BCUT2D eigenvalue weighted by Crippen LogP contribution is -2.43. The Labute approximate surface area is 170 Å². The summed E-state index contributed by atoms with van der Waals surface area (Å²) in [5, 5.41) is 0. The number of hydrogen-bond acceptors (Lipinski definition) is 5. The molecule has 28 heavy (non-hydrogen) atoms. The Bertz CT molecular complexity index is 894. The molecule has 0 atom stereocenters. The second-order valence-electron chi connectivity index (χ2n) is 5.70. The summed E-state index contributed by atoms with van der Waals surface area (Å²) >= 11 is 3.34. The summed E-state index contributed by atoms with van der Waals surface area (Å²) in [7, 11) is 1.52. The Hall–Kier alpha value is -3.13. The quantitative estimate of drug-likeness (QED) is 0.404. The van der Waals surface area contributed by atoms with Crippen LogP contribution in [-0.4, -0.2) is 31.5 Å². The average molecular weight is 447 g/mol. The Morgan fingerprint density at radius 3 is 2.46 bits per heavy atom. The largest absolute Gasteiger partial charge is 0.496 e. The molecule has 0 aromatic heterocycles. The smallest absolute Gasteiger partial charge is 0.331 e. The van der Waals surface area contributed by atoms with Crippen LogP contribution in [0.25, 0.3) is 6.08 Å². The van der Waals surface area contributed by atoms with Gasteiger partial charge in [-0.15, -0.1) is 0 Å². The molecule has 0 heterocycles. The summed E-state index contributed by atoms with van der Waals surface area (Å²) in [5.41, 5.74) is 6.52. The number of esters is 1. The molecule has 2 rings (SSSR count). The number of hydrazine groups is 1. The van der Waals surface area contributed by atoms with Crippen LogP contribution in [0.2, 0.25) is 0 Å². The fourth-order valence-electron chi connectivity index (χ4n) is 2.12. The first-order valence-electron chi connectivity index (χ1n) is 8.23. The molecule has 0 bridgehead atoms. The highest BCUT2D eigenvalue weighted by Gasteiger charge is 2.09. The first-order valence-corrected chi connectivity index (χ1v) is 9.02. The van der Waals surface area contributed by atoms with Crippen molar-refractivity contribution in [3.8, 4) is 5.75 Å². The molecule has 0 unspecified atom stereocenters. The summed E-state index contributed by atoms with van der Waals surface area (Å²) in [6, 6.07) is 12.2. The van der Waals surface area contributed by atoms with Gasteiger partial charge in [-0.25, -0.2) is 4.79 Å². The van der Waals surface area contributed by atoms with Gasteiger partial charge in [0.15, 0.2) is 6.61 Å². The van der Waals surface area contributed by atoms with Crippen molar-refractivity contribution in [2.75, 3.05) is 13.7 Å². The number of carbonyl (C=O) groups excluding carboxylic acids is 3. The maximum absolute atomic E-state index is 11.9. The van der Waals surface area contributed by atoms with Gasteiger partial charge in [-0.1, -0.05) is 33.6 Å². The molecule has 2 aromatic carbocycles. The second kappa shape index (κ2) is 10.3. The molecule has 0 radical (unpaired) electrons. The summed E-state index contributed by atoms with van der Waals surface area (Å²) in [6.07, 6.45) is 2.70. The van der Waals surface area contributed by atoms with Gasteiger partial charge in [-0.2, -0.15) is 0 Å². The van der Waals surface area contributed by atoms with Gasteiger partial charge in [-0.05, 0) is 43.3 Å². The first-order chi connectivity index (χ1) is 13.4. The van der Waals surface area contributed by atoms with Crippen molar-refractivity contribution in [3.05, 3.63) is 69.7 Å². The minimum Gasteiger partial charge on any atom is -0.496 e. The molecule has 0 spiro atoms. The van der Waals surface area contributed by atoms with Gasteiger partial charge in [0.2, 0.25) is 0 Å². The van der Waals surface area contributed by atoms with Gasteiger partial charge in [0.25, 0.3) is 11.8 Å². The lowest BCUT2D eigenvalue weighted by atomic mass is 10.1. The van der Waals surface area contributed by atoms with E-state index in [1.807, 2.05) is 13.0 Å². The number of ether oxygens (including phenoxy) is 2. The minimum absolute atomic E-state index is 0.397. The van der Waals surface area contributed by atoms with Crippen LogP contribution in [-0.2, 0) is 14.3 Å². The van der Waals surface area contributed by atoms with E-state index in [4.69, 9.17) is 9.47 Å². The predicted molar refractivity (Wildman–Crippen MR) is 107 cm³/mol. The van der Waals surface area contributed by atoms with Gasteiger partial charge >= 0.3 is 5.97 Å². The fourth-order valence-corrected chi connectivity index (χ4v) is 2.50. The van der Waals surface area contributed by atoms with Crippen LogP contribution in [0.4, 0.5) is 0 Å². The van der Waals surface area contributed by atoms with E-state index in [-0.39, 0.29) is 0 Å². The Morgan fingerprint density at radius 1 is 1.07 bits per heavy atom. The van der Waals surface area contributed by atoms with E-state index in [0.717, 1.165) is 10.0 Å². The molecule has 7 nitrogen and oxygen atoms in total. The Morgan fingerprint density at radius 2 is 1.79 bits per heavy atom. The van der Waals surface area contributed by atoms with Crippen LogP contribution in [0.1, 0.15) is 21.5 Å². The predicted octanol–water partition coefficient (Wildman–Crippen LogP) is 2.78. The highest BCUT2D eigenvalue weighted by Crippen LogP contribution is 2.24.